The Morgan fingerprint density at radius 3 is 1.46 bits per heavy atom. The topological polar surface area (TPSA) is 104 Å². The molecule has 0 rings (SSSR count). The normalized spacial score (nSPS) is 14.8. The van der Waals surface area contributed by atoms with Gasteiger partial charge < -0.3 is 19.2 Å². The van der Waals surface area contributed by atoms with Crippen molar-refractivity contribution in [1.29, 1.82) is 0 Å². The predicted molar refractivity (Wildman–Crippen MR) is 49.3 cm³/mol. The summed E-state index contributed by atoms with van der Waals surface area (Å²) in [5.74, 6) is 1.49. The molecule has 0 aliphatic rings. The molecule has 0 heterocycles. The fraction of sp³-hybridized carbons (Fsp3) is 0.200. The van der Waals surface area contributed by atoms with Crippen LogP contribution in [0.5, 0.6) is 0 Å². The lowest BCUT2D eigenvalue weighted by Crippen LogP contribution is -1.74. The largest absolute Gasteiger partial charge is 0.350 e. The first-order chi connectivity index (χ1) is 5.68. The Bertz CT molecular complexity index is 254. The van der Waals surface area contributed by atoms with E-state index in [9.17, 15) is 9.13 Å². The van der Waals surface area contributed by atoms with Gasteiger partial charge in [-0.3, -0.25) is 9.13 Å². The molecular formula is C5H12O6P2. The van der Waals surface area contributed by atoms with Crippen LogP contribution in [0.15, 0.2) is 24.8 Å². The Balaban J connectivity index is 0. The molecule has 0 amide bonds. The number of hydrogen-bond acceptors (Lipinski definition) is 3. The highest BCUT2D eigenvalue weighted by Crippen LogP contribution is 2.41. The van der Waals surface area contributed by atoms with Crippen molar-refractivity contribution < 1.29 is 28.3 Å². The summed E-state index contributed by atoms with van der Waals surface area (Å²) in [6, 6.07) is 0. The molecule has 0 radical (unpaired) electrons. The van der Waals surface area contributed by atoms with Gasteiger partial charge in [0.1, 0.15) is 0 Å². The van der Waals surface area contributed by atoms with Crippen molar-refractivity contribution in [1.82, 2.24) is 0 Å². The zero-order valence-corrected chi connectivity index (χ0v) is 8.82. The first-order valence-corrected chi connectivity index (χ1v) is 6.22. The van der Waals surface area contributed by atoms with E-state index in [0.29, 0.717) is 5.82 Å². The fourth-order valence-corrected chi connectivity index (χ4v) is 0.224. The van der Waals surface area contributed by atoms with Gasteiger partial charge >= 0.3 is 15.2 Å². The van der Waals surface area contributed by atoms with E-state index in [1.165, 1.54) is 0 Å². The third kappa shape index (κ3) is 14.6. The smallest absolute Gasteiger partial charge is 0.321 e. The summed E-state index contributed by atoms with van der Waals surface area (Å²) in [6.07, 6.45) is 0. The Hall–Kier alpha value is -0.220. The van der Waals surface area contributed by atoms with E-state index in [4.69, 9.17) is 14.7 Å². The molecule has 0 saturated heterocycles. The molecule has 0 aromatic heterocycles. The van der Waals surface area contributed by atoms with Gasteiger partial charge in [-0.15, -0.1) is 0 Å². The molecule has 1 atom stereocenters. The maximum absolute atomic E-state index is 10.2. The van der Waals surface area contributed by atoms with Crippen LogP contribution in [0, 0.1) is 0 Å². The van der Waals surface area contributed by atoms with Crippen molar-refractivity contribution in [3.63, 3.8) is 0 Å². The molecule has 0 spiro atoms. The molecule has 1 unspecified atom stereocenters. The van der Waals surface area contributed by atoms with Gasteiger partial charge in [-0.25, -0.2) is 0 Å². The van der Waals surface area contributed by atoms with Crippen molar-refractivity contribution in [2.24, 2.45) is 0 Å². The van der Waals surface area contributed by atoms with Crippen LogP contribution in [-0.2, 0) is 13.7 Å². The van der Waals surface area contributed by atoms with Crippen LogP contribution in [0.2, 0.25) is 0 Å². The van der Waals surface area contributed by atoms with E-state index in [-0.39, 0.29) is 0 Å². The minimum absolute atomic E-state index is 0.604. The second kappa shape index (κ2) is 6.27. The average Bonchev–Trinajstić information content (AvgIpc) is 2.04. The van der Waals surface area contributed by atoms with Gasteiger partial charge in [-0.1, -0.05) is 13.2 Å². The standard InChI is InChI=1S/C3H7O3P.C2H5O3P/c1-3-7(4,5)6-2;1-2-6(3,4)5/h3H,1H2,2H3,(H,4,5);2H,1H2,(H2,3,4,5). The fourth-order valence-electron chi connectivity index (χ4n) is 0.0745. The molecule has 0 bridgehead atoms. The van der Waals surface area contributed by atoms with Gasteiger partial charge in [0.25, 0.3) is 0 Å². The third-order valence-electron chi connectivity index (χ3n) is 0.730. The second-order valence-corrected chi connectivity index (χ2v) is 5.10. The van der Waals surface area contributed by atoms with E-state index < -0.39 is 15.2 Å². The highest BCUT2D eigenvalue weighted by molar-refractivity contribution is 7.56. The Kier molecular flexibility index (Phi) is 7.36. The van der Waals surface area contributed by atoms with Crippen LogP contribution in [0.25, 0.3) is 0 Å². The first kappa shape index (κ1) is 15.3. The molecule has 8 heteroatoms. The lowest BCUT2D eigenvalue weighted by molar-refractivity contribution is 0.327. The summed E-state index contributed by atoms with van der Waals surface area (Å²) in [6.45, 7) is 5.93. The maximum atomic E-state index is 10.2. The van der Waals surface area contributed by atoms with Gasteiger partial charge in [0.05, 0.1) is 0 Å². The van der Waals surface area contributed by atoms with Crippen LogP contribution >= 0.6 is 15.2 Å². The molecule has 78 valence electrons. The van der Waals surface area contributed by atoms with E-state index in [2.05, 4.69) is 17.7 Å². The van der Waals surface area contributed by atoms with Gasteiger partial charge in [0, 0.05) is 18.7 Å². The molecular weight excluding hydrogens is 218 g/mol. The van der Waals surface area contributed by atoms with Crippen molar-refractivity contribution in [3.05, 3.63) is 24.8 Å². The van der Waals surface area contributed by atoms with Crippen LogP contribution < -0.4 is 0 Å². The third-order valence-corrected chi connectivity index (χ3v) is 2.19. The summed E-state index contributed by atoms with van der Waals surface area (Å²) >= 11 is 0. The zero-order valence-electron chi connectivity index (χ0n) is 7.03. The molecule has 0 aliphatic heterocycles. The summed E-state index contributed by atoms with van der Waals surface area (Å²) in [4.78, 5) is 24.0. The lowest BCUT2D eigenvalue weighted by Gasteiger charge is -1.97. The summed E-state index contributed by atoms with van der Waals surface area (Å²) in [7, 11) is -6.12. The summed E-state index contributed by atoms with van der Waals surface area (Å²) < 4.78 is 23.8. The highest BCUT2D eigenvalue weighted by Gasteiger charge is 2.07. The Morgan fingerprint density at radius 2 is 1.46 bits per heavy atom. The van der Waals surface area contributed by atoms with Gasteiger partial charge in [-0.2, -0.15) is 0 Å². The minimum Gasteiger partial charge on any atom is -0.321 e. The molecule has 6 nitrogen and oxygen atoms in total. The highest BCUT2D eigenvalue weighted by atomic mass is 31.2. The van der Waals surface area contributed by atoms with E-state index >= 15 is 0 Å². The zero-order chi connectivity index (χ0) is 11.1. The molecule has 0 saturated carbocycles. The molecule has 0 aromatic rings. The van der Waals surface area contributed by atoms with Gasteiger partial charge in [-0.05, 0) is 0 Å². The van der Waals surface area contributed by atoms with E-state index in [0.717, 1.165) is 12.9 Å². The maximum Gasteiger partial charge on any atom is 0.350 e. The van der Waals surface area contributed by atoms with Crippen molar-refractivity contribution in [2.75, 3.05) is 7.11 Å². The SMILES string of the molecule is C=CP(=O)(O)O.C=CP(=O)(O)OC. The van der Waals surface area contributed by atoms with Crippen LogP contribution in [0.4, 0.5) is 0 Å². The van der Waals surface area contributed by atoms with Gasteiger partial charge in [0.15, 0.2) is 0 Å². The van der Waals surface area contributed by atoms with Crippen molar-refractivity contribution >= 4 is 15.2 Å². The molecule has 0 fully saturated rings. The molecule has 13 heavy (non-hydrogen) atoms. The average molecular weight is 230 g/mol. The van der Waals surface area contributed by atoms with E-state index in [1.54, 1.807) is 0 Å². The first-order valence-electron chi connectivity index (χ1n) is 2.89. The minimum atomic E-state index is -3.88. The van der Waals surface area contributed by atoms with Crippen molar-refractivity contribution in [3.8, 4) is 0 Å². The van der Waals surface area contributed by atoms with E-state index in [1.807, 2.05) is 0 Å². The predicted octanol–water partition coefficient (Wildman–Crippen LogP) is 1.27. The quantitative estimate of drug-likeness (QED) is 0.630. The van der Waals surface area contributed by atoms with Crippen LogP contribution in [0.1, 0.15) is 0 Å². The Labute approximate surface area is 76.2 Å². The number of hydrogen-bond donors (Lipinski definition) is 3. The molecule has 0 aromatic carbocycles. The second-order valence-electron chi connectivity index (χ2n) is 1.70. The number of rotatable bonds is 3. The molecule has 3 N–H and O–H groups in total. The van der Waals surface area contributed by atoms with Crippen LogP contribution in [-0.4, -0.2) is 21.8 Å². The summed E-state index contributed by atoms with van der Waals surface area (Å²) in [5, 5.41) is 0. The van der Waals surface area contributed by atoms with Crippen LogP contribution in [0.3, 0.4) is 0 Å². The monoisotopic (exact) mass is 230 g/mol. The summed E-state index contributed by atoms with van der Waals surface area (Å²) in [5.41, 5.74) is 0. The van der Waals surface area contributed by atoms with Gasteiger partial charge in [0.2, 0.25) is 0 Å². The Morgan fingerprint density at radius 1 is 1.15 bits per heavy atom. The molecule has 0 aliphatic carbocycles. The van der Waals surface area contributed by atoms with Crippen molar-refractivity contribution in [2.45, 2.75) is 0 Å². The lowest BCUT2D eigenvalue weighted by atomic mass is 11.3.